The molecule has 4 heterocycles. The highest BCUT2D eigenvalue weighted by molar-refractivity contribution is 6.42. The van der Waals surface area contributed by atoms with E-state index in [1.807, 2.05) is 12.1 Å². The first-order valence-electron chi connectivity index (χ1n) is 11.0. The molecule has 0 aliphatic carbocycles. The molecule has 1 fully saturated rings. The van der Waals surface area contributed by atoms with Crippen LogP contribution in [0.2, 0.25) is 10.0 Å². The van der Waals surface area contributed by atoms with E-state index in [0.29, 0.717) is 22.8 Å². The largest absolute Gasteiger partial charge is 0.435 e. The summed E-state index contributed by atoms with van der Waals surface area (Å²) in [6.45, 7) is 2.18. The van der Waals surface area contributed by atoms with E-state index in [4.69, 9.17) is 23.2 Å². The number of rotatable bonds is 3. The second kappa shape index (κ2) is 8.87. The average Bonchev–Trinajstić information content (AvgIpc) is 3.47. The maximum Gasteiger partial charge on any atom is 0.435 e. The Hall–Kier alpha value is -3.04. The number of benzene rings is 1. The predicted molar refractivity (Wildman–Crippen MR) is 126 cm³/mol. The molecule has 2 aliphatic heterocycles. The maximum absolute atomic E-state index is 14.0. The first kappa shape index (κ1) is 23.7. The van der Waals surface area contributed by atoms with E-state index in [-0.39, 0.29) is 28.4 Å². The number of allylic oxidation sites excluding steroid dienone is 1. The Morgan fingerprint density at radius 2 is 1.94 bits per heavy atom. The van der Waals surface area contributed by atoms with Gasteiger partial charge in [0, 0.05) is 24.5 Å². The van der Waals surface area contributed by atoms with Crippen LogP contribution in [0.25, 0.3) is 0 Å². The minimum absolute atomic E-state index is 0.130. The molecular weight excluding hydrogens is 502 g/mol. The minimum atomic E-state index is -4.65. The number of anilines is 1. The summed E-state index contributed by atoms with van der Waals surface area (Å²) in [5.41, 5.74) is 0.939. The first-order valence-corrected chi connectivity index (χ1v) is 11.7. The summed E-state index contributed by atoms with van der Waals surface area (Å²) >= 11 is 12.3. The van der Waals surface area contributed by atoms with Crippen LogP contribution in [0.4, 0.5) is 19.0 Å². The molecule has 2 unspecified atom stereocenters. The fourth-order valence-electron chi connectivity index (χ4n) is 4.72. The third-order valence-electron chi connectivity index (χ3n) is 6.30. The molecule has 35 heavy (non-hydrogen) atoms. The zero-order chi connectivity index (χ0) is 24.9. The molecule has 1 N–H and O–H groups in total. The van der Waals surface area contributed by atoms with E-state index in [1.54, 1.807) is 42.3 Å². The topological polar surface area (TPSA) is 63.1 Å². The number of hydrogen-bond acceptors (Lipinski definition) is 4. The maximum atomic E-state index is 14.0. The highest BCUT2D eigenvalue weighted by atomic mass is 35.5. The Morgan fingerprint density at radius 1 is 1.14 bits per heavy atom. The number of amides is 1. The SMILES string of the molecule is CC1=C(C(=O)N2CCCC2c2ccccn2)C(c2ccc(Cl)c(Cl)c2)n2nc(C(F)(F)F)cc2N1. The van der Waals surface area contributed by atoms with Gasteiger partial charge in [-0.25, -0.2) is 4.68 Å². The van der Waals surface area contributed by atoms with Crippen molar-refractivity contribution in [3.63, 3.8) is 0 Å². The van der Waals surface area contributed by atoms with Gasteiger partial charge in [-0.15, -0.1) is 0 Å². The molecule has 0 bridgehead atoms. The first-order chi connectivity index (χ1) is 16.6. The number of hydrogen-bond donors (Lipinski definition) is 1. The summed E-state index contributed by atoms with van der Waals surface area (Å²) in [4.78, 5) is 20.2. The van der Waals surface area contributed by atoms with E-state index < -0.39 is 17.9 Å². The zero-order valence-electron chi connectivity index (χ0n) is 18.5. The molecule has 0 radical (unpaired) electrons. The fraction of sp³-hybridized carbons (Fsp3) is 0.292. The number of carbonyl (C=O) groups excluding carboxylic acids is 1. The van der Waals surface area contributed by atoms with Crippen molar-refractivity contribution in [2.24, 2.45) is 0 Å². The van der Waals surface area contributed by atoms with Gasteiger partial charge >= 0.3 is 6.18 Å². The summed E-state index contributed by atoms with van der Waals surface area (Å²) in [5.74, 6) is -0.168. The van der Waals surface area contributed by atoms with Crippen LogP contribution in [0.3, 0.4) is 0 Å². The summed E-state index contributed by atoms with van der Waals surface area (Å²) in [5, 5.41) is 7.31. The van der Waals surface area contributed by atoms with Crippen LogP contribution in [-0.4, -0.2) is 32.1 Å². The third kappa shape index (κ3) is 4.27. The van der Waals surface area contributed by atoms with Crippen LogP contribution in [0.5, 0.6) is 0 Å². The Labute approximate surface area is 209 Å². The van der Waals surface area contributed by atoms with Crippen molar-refractivity contribution in [3.05, 3.63) is 86.9 Å². The molecule has 0 spiro atoms. The average molecular weight is 522 g/mol. The van der Waals surface area contributed by atoms with E-state index in [2.05, 4.69) is 15.4 Å². The smallest absolute Gasteiger partial charge is 0.344 e. The number of halogens is 5. The van der Waals surface area contributed by atoms with Gasteiger partial charge in [0.1, 0.15) is 11.9 Å². The second-order valence-electron chi connectivity index (χ2n) is 8.51. The minimum Gasteiger partial charge on any atom is -0.344 e. The van der Waals surface area contributed by atoms with Gasteiger partial charge in [0.2, 0.25) is 0 Å². The third-order valence-corrected chi connectivity index (χ3v) is 7.04. The molecular formula is C24H20Cl2F3N5O. The van der Waals surface area contributed by atoms with Crippen LogP contribution < -0.4 is 5.32 Å². The molecule has 5 rings (SSSR count). The Morgan fingerprint density at radius 3 is 2.63 bits per heavy atom. The lowest BCUT2D eigenvalue weighted by molar-refractivity contribution is -0.141. The molecule has 1 aromatic carbocycles. The van der Waals surface area contributed by atoms with Gasteiger partial charge in [-0.05, 0) is 49.6 Å². The summed E-state index contributed by atoms with van der Waals surface area (Å²) < 4.78 is 41.8. The summed E-state index contributed by atoms with van der Waals surface area (Å²) in [6, 6.07) is 10.1. The number of carbonyl (C=O) groups is 1. The highest BCUT2D eigenvalue weighted by Gasteiger charge is 2.42. The molecule has 1 amide bonds. The van der Waals surface area contributed by atoms with Gasteiger partial charge in [0.25, 0.3) is 5.91 Å². The monoisotopic (exact) mass is 521 g/mol. The molecule has 0 saturated carbocycles. The lowest BCUT2D eigenvalue weighted by Crippen LogP contribution is -2.38. The number of nitrogens with zero attached hydrogens (tertiary/aromatic N) is 4. The lowest BCUT2D eigenvalue weighted by atomic mass is 9.94. The van der Waals surface area contributed by atoms with E-state index >= 15 is 0 Å². The standard InChI is InChI=1S/C24H20Cl2F3N5O/c1-13-21(23(35)33-10-4-6-18(33)17-5-2-3-9-30-17)22(14-7-8-15(25)16(26)11-14)34-20(31-13)12-19(32-34)24(27,28)29/h2-3,5,7-9,11-12,18,22,31H,4,6,10H2,1H3. The van der Waals surface area contributed by atoms with Crippen molar-refractivity contribution < 1.29 is 18.0 Å². The summed E-state index contributed by atoms with van der Waals surface area (Å²) in [6.07, 6.45) is -1.44. The number of alkyl halides is 3. The van der Waals surface area contributed by atoms with E-state index in [0.717, 1.165) is 24.6 Å². The Balaban J connectivity index is 1.62. The number of pyridine rings is 1. The molecule has 2 atom stereocenters. The number of fused-ring (bicyclic) bond motifs is 1. The van der Waals surface area contributed by atoms with Crippen molar-refractivity contribution in [2.45, 2.75) is 38.0 Å². The van der Waals surface area contributed by atoms with Crippen molar-refractivity contribution in [1.29, 1.82) is 0 Å². The number of aromatic nitrogens is 3. The quantitative estimate of drug-likeness (QED) is 0.442. The molecule has 182 valence electrons. The van der Waals surface area contributed by atoms with Crippen LogP contribution in [-0.2, 0) is 11.0 Å². The molecule has 3 aromatic rings. The van der Waals surface area contributed by atoms with Crippen molar-refractivity contribution in [3.8, 4) is 0 Å². The zero-order valence-corrected chi connectivity index (χ0v) is 20.0. The van der Waals surface area contributed by atoms with Gasteiger partial charge in [-0.1, -0.05) is 35.3 Å². The molecule has 2 aliphatic rings. The van der Waals surface area contributed by atoms with Crippen molar-refractivity contribution in [1.82, 2.24) is 19.7 Å². The molecule has 11 heteroatoms. The molecule has 6 nitrogen and oxygen atoms in total. The van der Waals surface area contributed by atoms with Crippen LogP contribution >= 0.6 is 23.2 Å². The second-order valence-corrected chi connectivity index (χ2v) is 9.32. The Bertz CT molecular complexity index is 1320. The van der Waals surface area contributed by atoms with E-state index in [1.165, 1.54) is 4.68 Å². The van der Waals surface area contributed by atoms with Crippen molar-refractivity contribution in [2.75, 3.05) is 11.9 Å². The van der Waals surface area contributed by atoms with Crippen LogP contribution in [0.1, 0.15) is 48.8 Å². The molecule has 1 saturated heterocycles. The fourth-order valence-corrected chi connectivity index (χ4v) is 5.03. The van der Waals surface area contributed by atoms with Crippen LogP contribution in [0, 0.1) is 0 Å². The van der Waals surface area contributed by atoms with Gasteiger partial charge < -0.3 is 10.2 Å². The van der Waals surface area contributed by atoms with Crippen molar-refractivity contribution >= 4 is 34.9 Å². The summed E-state index contributed by atoms with van der Waals surface area (Å²) in [7, 11) is 0. The Kier molecular flexibility index (Phi) is 6.01. The highest BCUT2D eigenvalue weighted by Crippen LogP contribution is 2.42. The predicted octanol–water partition coefficient (Wildman–Crippen LogP) is 6.26. The number of nitrogens with one attached hydrogen (secondary N) is 1. The van der Waals surface area contributed by atoms with Gasteiger partial charge in [0.15, 0.2) is 5.69 Å². The lowest BCUT2D eigenvalue weighted by Gasteiger charge is -2.33. The van der Waals surface area contributed by atoms with Crippen LogP contribution in [0.15, 0.2) is 59.9 Å². The normalized spacial score (nSPS) is 20.1. The van der Waals surface area contributed by atoms with E-state index in [9.17, 15) is 18.0 Å². The molecule has 2 aromatic heterocycles. The number of likely N-dealkylation sites (tertiary alicyclic amines) is 1. The van der Waals surface area contributed by atoms with Gasteiger partial charge in [-0.3, -0.25) is 9.78 Å². The van der Waals surface area contributed by atoms with Gasteiger partial charge in [-0.2, -0.15) is 18.3 Å². The van der Waals surface area contributed by atoms with Gasteiger partial charge in [0.05, 0.1) is 27.4 Å².